The number of likely N-dealkylation sites (tertiary alicyclic amines) is 1. The fourth-order valence-corrected chi connectivity index (χ4v) is 3.56. The standard InChI is InChI=1S/C21H22BrN5O2/c1-14(20(28)25-18-6-2-4-15(10-18)11-23)27-9-3-5-16(13-27)21(29)26-19-8-7-17(22)12-24-19/h2,4,6-8,10,12,14,16H,3,5,9,13H2,1H3,(H,25,28)(H,24,26,29). The van der Waals surface area contributed by atoms with E-state index in [1.807, 2.05) is 17.9 Å². The van der Waals surface area contributed by atoms with Crippen molar-refractivity contribution in [2.24, 2.45) is 5.92 Å². The molecule has 150 valence electrons. The van der Waals surface area contributed by atoms with Crippen molar-refractivity contribution in [3.05, 3.63) is 52.6 Å². The first-order chi connectivity index (χ1) is 14.0. The van der Waals surface area contributed by atoms with E-state index in [0.29, 0.717) is 23.6 Å². The molecule has 2 heterocycles. The number of amides is 2. The second-order valence-electron chi connectivity index (χ2n) is 7.04. The van der Waals surface area contributed by atoms with Crippen molar-refractivity contribution in [2.45, 2.75) is 25.8 Å². The molecule has 0 bridgehead atoms. The molecular formula is C21H22BrN5O2. The number of anilines is 2. The Morgan fingerprint density at radius 3 is 2.86 bits per heavy atom. The fourth-order valence-electron chi connectivity index (χ4n) is 3.33. The molecule has 2 aromatic rings. The average molecular weight is 456 g/mol. The molecule has 1 aromatic carbocycles. The number of nitrogens with zero attached hydrogens (tertiary/aromatic N) is 3. The van der Waals surface area contributed by atoms with Gasteiger partial charge in [0.05, 0.1) is 23.6 Å². The van der Waals surface area contributed by atoms with Crippen LogP contribution in [0.3, 0.4) is 0 Å². The van der Waals surface area contributed by atoms with Crippen molar-refractivity contribution in [3.63, 3.8) is 0 Å². The number of carbonyl (C=O) groups excluding carboxylic acids is 2. The number of nitriles is 1. The summed E-state index contributed by atoms with van der Waals surface area (Å²) in [5.41, 5.74) is 1.08. The van der Waals surface area contributed by atoms with Gasteiger partial charge in [0.15, 0.2) is 0 Å². The van der Waals surface area contributed by atoms with Crippen molar-refractivity contribution >= 4 is 39.2 Å². The van der Waals surface area contributed by atoms with Crippen LogP contribution in [-0.2, 0) is 9.59 Å². The Hall–Kier alpha value is -2.76. The third kappa shape index (κ3) is 5.62. The quantitative estimate of drug-likeness (QED) is 0.719. The van der Waals surface area contributed by atoms with Crippen LogP contribution in [0, 0.1) is 17.2 Å². The summed E-state index contributed by atoms with van der Waals surface area (Å²) in [7, 11) is 0. The number of carbonyl (C=O) groups is 2. The Labute approximate surface area is 178 Å². The summed E-state index contributed by atoms with van der Waals surface area (Å²) in [6.45, 7) is 3.10. The van der Waals surface area contributed by atoms with Gasteiger partial charge in [-0.05, 0) is 72.6 Å². The molecule has 8 heteroatoms. The normalized spacial score (nSPS) is 17.8. The Bertz CT molecular complexity index is 925. The lowest BCUT2D eigenvalue weighted by Gasteiger charge is -2.35. The average Bonchev–Trinajstić information content (AvgIpc) is 2.75. The van der Waals surface area contributed by atoms with Gasteiger partial charge in [0, 0.05) is 22.9 Å². The minimum absolute atomic E-state index is 0.0844. The lowest BCUT2D eigenvalue weighted by molar-refractivity contribution is -0.125. The predicted octanol–water partition coefficient (Wildman–Crippen LogP) is 3.39. The van der Waals surface area contributed by atoms with Crippen molar-refractivity contribution < 1.29 is 9.59 Å². The second-order valence-corrected chi connectivity index (χ2v) is 7.96. The van der Waals surface area contributed by atoms with Gasteiger partial charge in [0.1, 0.15) is 5.82 Å². The number of benzene rings is 1. The largest absolute Gasteiger partial charge is 0.325 e. The molecule has 2 amide bonds. The van der Waals surface area contributed by atoms with Crippen LogP contribution >= 0.6 is 15.9 Å². The molecule has 1 saturated heterocycles. The summed E-state index contributed by atoms with van der Waals surface area (Å²) >= 11 is 3.32. The molecule has 29 heavy (non-hydrogen) atoms. The van der Waals surface area contributed by atoms with Gasteiger partial charge in [-0.1, -0.05) is 6.07 Å². The zero-order valence-electron chi connectivity index (χ0n) is 16.1. The van der Waals surface area contributed by atoms with Crippen molar-refractivity contribution in [3.8, 4) is 6.07 Å². The molecule has 7 nitrogen and oxygen atoms in total. The topological polar surface area (TPSA) is 98.1 Å². The van der Waals surface area contributed by atoms with Crippen LogP contribution in [0.5, 0.6) is 0 Å². The molecule has 0 aliphatic carbocycles. The van der Waals surface area contributed by atoms with Gasteiger partial charge in [-0.3, -0.25) is 14.5 Å². The smallest absolute Gasteiger partial charge is 0.241 e. The zero-order valence-corrected chi connectivity index (χ0v) is 17.6. The van der Waals surface area contributed by atoms with E-state index in [1.165, 1.54) is 0 Å². The van der Waals surface area contributed by atoms with Crippen LogP contribution in [0.4, 0.5) is 11.5 Å². The Morgan fingerprint density at radius 2 is 2.14 bits per heavy atom. The molecule has 0 saturated carbocycles. The van der Waals surface area contributed by atoms with Gasteiger partial charge in [-0.25, -0.2) is 4.98 Å². The Balaban J connectivity index is 1.58. The minimum atomic E-state index is -0.387. The van der Waals surface area contributed by atoms with Crippen molar-refractivity contribution in [2.75, 3.05) is 23.7 Å². The van der Waals surface area contributed by atoms with E-state index in [2.05, 4.69) is 37.6 Å². The second kappa shape index (κ2) is 9.63. The van der Waals surface area contributed by atoms with E-state index in [9.17, 15) is 9.59 Å². The summed E-state index contributed by atoms with van der Waals surface area (Å²) in [6, 6.07) is 12.1. The molecule has 2 N–H and O–H groups in total. The third-order valence-corrected chi connectivity index (χ3v) is 5.46. The number of hydrogen-bond donors (Lipinski definition) is 2. The lowest BCUT2D eigenvalue weighted by Crippen LogP contribution is -2.49. The van der Waals surface area contributed by atoms with Gasteiger partial charge in [-0.15, -0.1) is 0 Å². The van der Waals surface area contributed by atoms with Gasteiger partial charge >= 0.3 is 0 Å². The van der Waals surface area contributed by atoms with E-state index in [4.69, 9.17) is 5.26 Å². The number of rotatable bonds is 5. The van der Waals surface area contributed by atoms with Crippen LogP contribution < -0.4 is 10.6 Å². The number of piperidine rings is 1. The van der Waals surface area contributed by atoms with E-state index < -0.39 is 0 Å². The monoisotopic (exact) mass is 455 g/mol. The Kier molecular flexibility index (Phi) is 6.96. The van der Waals surface area contributed by atoms with E-state index >= 15 is 0 Å². The highest BCUT2D eigenvalue weighted by Gasteiger charge is 2.31. The van der Waals surface area contributed by atoms with Crippen LogP contribution in [0.15, 0.2) is 47.1 Å². The molecule has 0 spiro atoms. The molecule has 1 fully saturated rings. The first kappa shape index (κ1) is 21.0. The number of pyridine rings is 1. The molecule has 1 aliphatic rings. The van der Waals surface area contributed by atoms with Crippen LogP contribution in [0.2, 0.25) is 0 Å². The first-order valence-electron chi connectivity index (χ1n) is 9.44. The van der Waals surface area contributed by atoms with Gasteiger partial charge in [0.2, 0.25) is 11.8 Å². The van der Waals surface area contributed by atoms with Gasteiger partial charge < -0.3 is 10.6 Å². The van der Waals surface area contributed by atoms with Crippen molar-refractivity contribution in [1.82, 2.24) is 9.88 Å². The van der Waals surface area contributed by atoms with Crippen LogP contribution in [-0.4, -0.2) is 40.8 Å². The highest BCUT2D eigenvalue weighted by molar-refractivity contribution is 9.10. The summed E-state index contributed by atoms with van der Waals surface area (Å²) in [5, 5.41) is 14.7. The molecular weight excluding hydrogens is 434 g/mol. The highest BCUT2D eigenvalue weighted by Crippen LogP contribution is 2.21. The maximum Gasteiger partial charge on any atom is 0.241 e. The molecule has 1 aromatic heterocycles. The Morgan fingerprint density at radius 1 is 1.31 bits per heavy atom. The first-order valence-corrected chi connectivity index (χ1v) is 10.2. The highest BCUT2D eigenvalue weighted by atomic mass is 79.9. The fraction of sp³-hybridized carbons (Fsp3) is 0.333. The maximum atomic E-state index is 12.7. The van der Waals surface area contributed by atoms with Crippen LogP contribution in [0.25, 0.3) is 0 Å². The van der Waals surface area contributed by atoms with Crippen LogP contribution in [0.1, 0.15) is 25.3 Å². The lowest BCUT2D eigenvalue weighted by atomic mass is 9.96. The predicted molar refractivity (Wildman–Crippen MR) is 114 cm³/mol. The third-order valence-electron chi connectivity index (χ3n) is 4.99. The SMILES string of the molecule is CC(C(=O)Nc1cccc(C#N)c1)N1CCCC(C(=O)Nc2ccc(Br)cn2)C1. The number of nitrogens with one attached hydrogen (secondary N) is 2. The molecule has 2 atom stereocenters. The zero-order chi connectivity index (χ0) is 20.8. The van der Waals surface area contributed by atoms with E-state index in [-0.39, 0.29) is 23.8 Å². The summed E-state index contributed by atoms with van der Waals surface area (Å²) in [6.07, 6.45) is 3.25. The van der Waals surface area contributed by atoms with E-state index in [1.54, 1.807) is 36.5 Å². The van der Waals surface area contributed by atoms with Gasteiger partial charge in [-0.2, -0.15) is 5.26 Å². The molecule has 2 unspecified atom stereocenters. The molecule has 0 radical (unpaired) electrons. The van der Waals surface area contributed by atoms with Gasteiger partial charge in [0.25, 0.3) is 0 Å². The molecule has 3 rings (SSSR count). The summed E-state index contributed by atoms with van der Waals surface area (Å²) < 4.78 is 0.847. The number of hydrogen-bond acceptors (Lipinski definition) is 5. The minimum Gasteiger partial charge on any atom is -0.325 e. The maximum absolute atomic E-state index is 12.7. The molecule has 1 aliphatic heterocycles. The summed E-state index contributed by atoms with van der Waals surface area (Å²) in [4.78, 5) is 31.5. The van der Waals surface area contributed by atoms with E-state index in [0.717, 1.165) is 23.9 Å². The number of halogens is 1. The summed E-state index contributed by atoms with van der Waals surface area (Å²) in [5.74, 6) is 0.0689. The van der Waals surface area contributed by atoms with Crippen molar-refractivity contribution in [1.29, 1.82) is 5.26 Å². The number of aromatic nitrogens is 1.